The molecule has 0 aromatic carbocycles. The Morgan fingerprint density at radius 1 is 0.696 bits per heavy atom. The van der Waals surface area contributed by atoms with E-state index in [1.54, 1.807) is 7.11 Å². The fraction of sp³-hybridized carbons (Fsp3) is 0.950. The summed E-state index contributed by atoms with van der Waals surface area (Å²) in [5.41, 5.74) is 0. The number of unbranched alkanes of at least 4 members (excludes halogenated alkanes) is 13. The molecule has 0 amide bonds. The predicted octanol–water partition coefficient (Wildman–Crippen LogP) is 6.05. The van der Waals surface area contributed by atoms with Gasteiger partial charge in [-0.2, -0.15) is 0 Å². The molecule has 0 aromatic heterocycles. The Kier molecular flexibility index (Phi) is 17.3. The highest BCUT2D eigenvalue weighted by atomic mass is 16.6. The summed E-state index contributed by atoms with van der Waals surface area (Å²) >= 11 is 0. The lowest BCUT2D eigenvalue weighted by Gasteiger charge is -2.12. The van der Waals surface area contributed by atoms with E-state index in [1.807, 2.05) is 0 Å². The van der Waals surface area contributed by atoms with E-state index in [0.29, 0.717) is 0 Å². The van der Waals surface area contributed by atoms with Gasteiger partial charge in [-0.3, -0.25) is 0 Å². The zero-order valence-corrected chi connectivity index (χ0v) is 15.9. The Morgan fingerprint density at radius 3 is 1.43 bits per heavy atom. The van der Waals surface area contributed by atoms with Gasteiger partial charge in [0.15, 0.2) is 6.10 Å². The molecule has 0 rings (SSSR count). The van der Waals surface area contributed by atoms with E-state index in [4.69, 9.17) is 9.47 Å². The molecule has 0 aliphatic rings. The van der Waals surface area contributed by atoms with E-state index in [-0.39, 0.29) is 12.1 Å². The van der Waals surface area contributed by atoms with Crippen LogP contribution in [0.15, 0.2) is 0 Å². The molecule has 0 saturated carbocycles. The molecule has 0 saturated heterocycles. The zero-order chi connectivity index (χ0) is 17.2. The fourth-order valence-corrected chi connectivity index (χ4v) is 2.99. The summed E-state index contributed by atoms with van der Waals surface area (Å²) in [5, 5.41) is 0. The highest BCUT2D eigenvalue weighted by Gasteiger charge is 2.17. The van der Waals surface area contributed by atoms with Crippen molar-refractivity contribution in [3.63, 3.8) is 0 Å². The fourth-order valence-electron chi connectivity index (χ4n) is 2.99. The van der Waals surface area contributed by atoms with Crippen molar-refractivity contribution >= 4 is 5.97 Å². The third kappa shape index (κ3) is 14.7. The molecule has 1 atom stereocenters. The molecular formula is C20H40O3. The third-order valence-corrected chi connectivity index (χ3v) is 4.57. The van der Waals surface area contributed by atoms with Crippen LogP contribution in [0.3, 0.4) is 0 Å². The molecule has 23 heavy (non-hydrogen) atoms. The lowest BCUT2D eigenvalue weighted by atomic mass is 10.0. The van der Waals surface area contributed by atoms with Crippen molar-refractivity contribution in [3.8, 4) is 0 Å². The van der Waals surface area contributed by atoms with Crippen LogP contribution in [0.25, 0.3) is 0 Å². The van der Waals surface area contributed by atoms with E-state index >= 15 is 0 Å². The number of carbonyl (C=O) groups is 1. The molecule has 0 heterocycles. The number of hydrogen-bond donors (Lipinski definition) is 0. The Labute approximate surface area is 144 Å². The van der Waals surface area contributed by atoms with Crippen LogP contribution in [0.5, 0.6) is 0 Å². The van der Waals surface area contributed by atoms with E-state index in [0.717, 1.165) is 12.8 Å². The molecule has 3 heteroatoms. The number of ether oxygens (including phenoxy) is 2. The molecule has 0 bridgehead atoms. The van der Waals surface area contributed by atoms with Crippen LogP contribution in [-0.2, 0) is 14.3 Å². The van der Waals surface area contributed by atoms with Crippen LogP contribution in [0, 0.1) is 0 Å². The van der Waals surface area contributed by atoms with Gasteiger partial charge < -0.3 is 9.47 Å². The minimum atomic E-state index is -0.377. The maximum absolute atomic E-state index is 11.4. The topological polar surface area (TPSA) is 35.5 Å². The predicted molar refractivity (Wildman–Crippen MR) is 97.7 cm³/mol. The van der Waals surface area contributed by atoms with E-state index in [2.05, 4.69) is 6.92 Å². The van der Waals surface area contributed by atoms with Crippen LogP contribution >= 0.6 is 0 Å². The molecule has 0 radical (unpaired) electrons. The van der Waals surface area contributed by atoms with Crippen LogP contribution in [0.2, 0.25) is 0 Å². The van der Waals surface area contributed by atoms with Gasteiger partial charge in [0.25, 0.3) is 0 Å². The average Bonchev–Trinajstić information content (AvgIpc) is 2.58. The zero-order valence-electron chi connectivity index (χ0n) is 15.9. The van der Waals surface area contributed by atoms with Crippen molar-refractivity contribution in [3.05, 3.63) is 0 Å². The number of methoxy groups -OCH3 is 2. The lowest BCUT2D eigenvalue weighted by Crippen LogP contribution is -2.24. The van der Waals surface area contributed by atoms with Gasteiger partial charge >= 0.3 is 5.97 Å². The second-order valence-corrected chi connectivity index (χ2v) is 6.63. The van der Waals surface area contributed by atoms with Crippen molar-refractivity contribution in [2.75, 3.05) is 14.2 Å². The molecule has 0 aliphatic heterocycles. The van der Waals surface area contributed by atoms with Crippen LogP contribution in [0.1, 0.15) is 103 Å². The highest BCUT2D eigenvalue weighted by Crippen LogP contribution is 2.14. The largest absolute Gasteiger partial charge is 0.467 e. The van der Waals surface area contributed by atoms with Crippen molar-refractivity contribution in [2.24, 2.45) is 0 Å². The molecule has 1 unspecified atom stereocenters. The van der Waals surface area contributed by atoms with E-state index in [9.17, 15) is 4.79 Å². The third-order valence-electron chi connectivity index (χ3n) is 4.57. The molecule has 0 N–H and O–H groups in total. The Bertz CT molecular complexity index is 253. The lowest BCUT2D eigenvalue weighted by molar-refractivity contribution is -0.152. The summed E-state index contributed by atoms with van der Waals surface area (Å²) in [6.07, 6.45) is 19.3. The first-order chi connectivity index (χ1) is 11.3. The Balaban J connectivity index is 3.20. The van der Waals surface area contributed by atoms with Crippen molar-refractivity contribution in [1.82, 2.24) is 0 Å². The average molecular weight is 329 g/mol. The summed E-state index contributed by atoms with van der Waals surface area (Å²) in [6, 6.07) is 0. The van der Waals surface area contributed by atoms with Gasteiger partial charge in [-0.05, 0) is 6.42 Å². The van der Waals surface area contributed by atoms with Crippen LogP contribution in [-0.4, -0.2) is 26.3 Å². The van der Waals surface area contributed by atoms with Gasteiger partial charge in [0.05, 0.1) is 7.11 Å². The molecule has 0 aliphatic carbocycles. The van der Waals surface area contributed by atoms with Gasteiger partial charge in [0.1, 0.15) is 0 Å². The standard InChI is InChI=1S/C20H40O3/c1-4-5-6-7-8-9-10-11-12-13-14-15-16-17-18-19(22-2)20(21)23-3/h19H,4-18H2,1-3H3. The smallest absolute Gasteiger partial charge is 0.334 e. The molecule has 0 fully saturated rings. The summed E-state index contributed by atoms with van der Waals surface area (Å²) in [7, 11) is 2.99. The summed E-state index contributed by atoms with van der Waals surface area (Å²) < 4.78 is 9.85. The van der Waals surface area contributed by atoms with Crippen LogP contribution < -0.4 is 0 Å². The second kappa shape index (κ2) is 17.8. The first-order valence-corrected chi connectivity index (χ1v) is 9.86. The van der Waals surface area contributed by atoms with Gasteiger partial charge in [-0.15, -0.1) is 0 Å². The van der Waals surface area contributed by atoms with Gasteiger partial charge in [-0.25, -0.2) is 4.79 Å². The Hall–Kier alpha value is -0.570. The first kappa shape index (κ1) is 22.4. The second-order valence-electron chi connectivity index (χ2n) is 6.63. The number of hydrogen-bond acceptors (Lipinski definition) is 3. The van der Waals surface area contributed by atoms with Gasteiger partial charge in [0, 0.05) is 7.11 Å². The summed E-state index contributed by atoms with van der Waals surface area (Å²) in [5.74, 6) is -0.248. The van der Waals surface area contributed by atoms with Crippen LogP contribution in [0.4, 0.5) is 0 Å². The Morgan fingerprint density at radius 2 is 1.09 bits per heavy atom. The monoisotopic (exact) mass is 328 g/mol. The first-order valence-electron chi connectivity index (χ1n) is 9.86. The number of carbonyl (C=O) groups excluding carboxylic acids is 1. The summed E-state index contributed by atoms with van der Waals surface area (Å²) in [4.78, 5) is 11.4. The molecule has 0 spiro atoms. The summed E-state index contributed by atoms with van der Waals surface area (Å²) in [6.45, 7) is 2.27. The van der Waals surface area contributed by atoms with E-state index < -0.39 is 0 Å². The maximum Gasteiger partial charge on any atom is 0.334 e. The quantitative estimate of drug-likeness (QED) is 0.241. The number of esters is 1. The molecule has 0 aromatic rings. The molecule has 3 nitrogen and oxygen atoms in total. The van der Waals surface area contributed by atoms with E-state index in [1.165, 1.54) is 90.6 Å². The minimum absolute atomic E-state index is 0.248. The van der Waals surface area contributed by atoms with Crippen molar-refractivity contribution in [2.45, 2.75) is 109 Å². The number of rotatable bonds is 17. The minimum Gasteiger partial charge on any atom is -0.467 e. The highest BCUT2D eigenvalue weighted by molar-refractivity contribution is 5.74. The maximum atomic E-state index is 11.4. The van der Waals surface area contributed by atoms with Gasteiger partial charge in [0.2, 0.25) is 0 Å². The molecular weight excluding hydrogens is 288 g/mol. The SMILES string of the molecule is CCCCCCCCCCCCCCCCC(OC)C(=O)OC. The normalized spacial score (nSPS) is 12.3. The van der Waals surface area contributed by atoms with Gasteiger partial charge in [-0.1, -0.05) is 96.8 Å². The van der Waals surface area contributed by atoms with Crippen molar-refractivity contribution < 1.29 is 14.3 Å². The molecule has 138 valence electrons. The van der Waals surface area contributed by atoms with Crippen molar-refractivity contribution in [1.29, 1.82) is 0 Å².